The van der Waals surface area contributed by atoms with Gasteiger partial charge in [0.15, 0.2) is 0 Å². The van der Waals surface area contributed by atoms with Crippen molar-refractivity contribution in [1.29, 1.82) is 0 Å². The Kier molecular flexibility index (Phi) is 4.34. The van der Waals surface area contributed by atoms with Crippen LogP contribution in [0.5, 0.6) is 0 Å². The van der Waals surface area contributed by atoms with Gasteiger partial charge in [-0.1, -0.05) is 6.92 Å². The number of carbonyl (C=O) groups excluding carboxylic acids is 2. The van der Waals surface area contributed by atoms with Crippen LogP contribution in [0.2, 0.25) is 0 Å². The lowest BCUT2D eigenvalue weighted by molar-refractivity contribution is -0.142. The van der Waals surface area contributed by atoms with Crippen LogP contribution >= 0.6 is 0 Å². The number of rotatable bonds is 3. The van der Waals surface area contributed by atoms with E-state index in [1.54, 1.807) is 0 Å². The molecule has 0 bridgehead atoms. The molecule has 0 aromatic heterocycles. The zero-order valence-corrected chi connectivity index (χ0v) is 13.9. The summed E-state index contributed by atoms with van der Waals surface area (Å²) in [5.74, 6) is -0.0352. The van der Waals surface area contributed by atoms with E-state index in [9.17, 15) is 9.59 Å². The molecule has 2 fully saturated rings. The lowest BCUT2D eigenvalue weighted by atomic mass is 9.96. The molecule has 2 heterocycles. The zero-order valence-electron chi connectivity index (χ0n) is 13.9. The fourth-order valence-electron chi connectivity index (χ4n) is 3.24. The Hall–Kier alpha value is -1.10. The Bertz CT molecular complexity index is 435. The molecule has 0 radical (unpaired) electrons. The third-order valence-electron chi connectivity index (χ3n) is 4.82. The molecule has 5 heteroatoms. The van der Waals surface area contributed by atoms with Crippen LogP contribution in [0.4, 0.5) is 0 Å². The smallest absolute Gasteiger partial charge is 0.248 e. The SMILES string of the molecule is CCC1(C)NC(=O)CC(C)N(CC2CCC(C)(C)O2)C1=O. The minimum Gasteiger partial charge on any atom is -0.371 e. The van der Waals surface area contributed by atoms with E-state index in [0.717, 1.165) is 12.8 Å². The first-order valence-electron chi connectivity index (χ1n) is 7.97. The second kappa shape index (κ2) is 5.59. The average molecular weight is 296 g/mol. The van der Waals surface area contributed by atoms with Crippen LogP contribution in [0.3, 0.4) is 0 Å². The molecule has 5 nitrogen and oxygen atoms in total. The Morgan fingerprint density at radius 3 is 2.52 bits per heavy atom. The molecule has 21 heavy (non-hydrogen) atoms. The van der Waals surface area contributed by atoms with Crippen molar-refractivity contribution in [2.75, 3.05) is 6.54 Å². The monoisotopic (exact) mass is 296 g/mol. The number of ether oxygens (including phenoxy) is 1. The minimum atomic E-state index is -0.796. The van der Waals surface area contributed by atoms with Crippen LogP contribution in [0.25, 0.3) is 0 Å². The Balaban J connectivity index is 2.15. The second-order valence-corrected chi connectivity index (χ2v) is 7.28. The van der Waals surface area contributed by atoms with Crippen molar-refractivity contribution in [2.45, 2.75) is 83.6 Å². The molecule has 2 aliphatic heterocycles. The van der Waals surface area contributed by atoms with Crippen molar-refractivity contribution >= 4 is 11.8 Å². The summed E-state index contributed by atoms with van der Waals surface area (Å²) < 4.78 is 6.02. The number of nitrogens with one attached hydrogen (secondary N) is 1. The molecule has 2 saturated heterocycles. The van der Waals surface area contributed by atoms with E-state index in [-0.39, 0.29) is 29.6 Å². The van der Waals surface area contributed by atoms with Crippen molar-refractivity contribution in [2.24, 2.45) is 0 Å². The first-order chi connectivity index (χ1) is 9.67. The van der Waals surface area contributed by atoms with Gasteiger partial charge in [-0.05, 0) is 47.0 Å². The topological polar surface area (TPSA) is 58.6 Å². The maximum atomic E-state index is 12.9. The standard InChI is InChI=1S/C16H28N2O3/c1-6-16(5)14(20)18(11(2)9-13(19)17-16)10-12-7-8-15(3,4)21-12/h11-12H,6-10H2,1-5H3,(H,17,19). The van der Waals surface area contributed by atoms with E-state index < -0.39 is 5.54 Å². The van der Waals surface area contributed by atoms with Crippen LogP contribution < -0.4 is 5.32 Å². The van der Waals surface area contributed by atoms with Crippen molar-refractivity contribution in [1.82, 2.24) is 10.2 Å². The van der Waals surface area contributed by atoms with Crippen molar-refractivity contribution in [3.63, 3.8) is 0 Å². The molecule has 0 aliphatic carbocycles. The zero-order chi connectivity index (χ0) is 15.8. The summed E-state index contributed by atoms with van der Waals surface area (Å²) in [6.45, 7) is 10.4. The summed E-state index contributed by atoms with van der Waals surface area (Å²) in [6.07, 6.45) is 3.00. The third-order valence-corrected chi connectivity index (χ3v) is 4.82. The largest absolute Gasteiger partial charge is 0.371 e. The van der Waals surface area contributed by atoms with Gasteiger partial charge in [-0.25, -0.2) is 0 Å². The third kappa shape index (κ3) is 3.39. The highest BCUT2D eigenvalue weighted by Crippen LogP contribution is 2.31. The fourth-order valence-corrected chi connectivity index (χ4v) is 3.24. The molecule has 0 aromatic carbocycles. The van der Waals surface area contributed by atoms with Crippen LogP contribution in [-0.4, -0.2) is 46.5 Å². The first-order valence-corrected chi connectivity index (χ1v) is 7.97. The van der Waals surface area contributed by atoms with Gasteiger partial charge in [0.1, 0.15) is 5.54 Å². The van der Waals surface area contributed by atoms with Gasteiger partial charge in [0.25, 0.3) is 0 Å². The predicted molar refractivity (Wildman–Crippen MR) is 80.8 cm³/mol. The Labute approximate surface area is 127 Å². The normalized spacial score (nSPS) is 36.5. The van der Waals surface area contributed by atoms with Crippen molar-refractivity contribution in [3.05, 3.63) is 0 Å². The number of hydrogen-bond donors (Lipinski definition) is 1. The maximum absolute atomic E-state index is 12.9. The molecule has 120 valence electrons. The molecule has 2 rings (SSSR count). The van der Waals surface area contributed by atoms with E-state index in [1.807, 2.05) is 25.7 Å². The maximum Gasteiger partial charge on any atom is 0.248 e. The van der Waals surface area contributed by atoms with E-state index in [0.29, 0.717) is 19.4 Å². The lowest BCUT2D eigenvalue weighted by Crippen LogP contribution is -2.56. The Morgan fingerprint density at radius 2 is 2.00 bits per heavy atom. The van der Waals surface area contributed by atoms with Crippen LogP contribution in [0.1, 0.15) is 60.3 Å². The molecular weight excluding hydrogens is 268 g/mol. The van der Waals surface area contributed by atoms with Crippen LogP contribution in [0.15, 0.2) is 0 Å². The van der Waals surface area contributed by atoms with Crippen LogP contribution in [-0.2, 0) is 14.3 Å². The van der Waals surface area contributed by atoms with Crippen molar-refractivity contribution in [3.8, 4) is 0 Å². The molecule has 0 saturated carbocycles. The van der Waals surface area contributed by atoms with Gasteiger partial charge in [0.2, 0.25) is 11.8 Å². The van der Waals surface area contributed by atoms with Gasteiger partial charge in [-0.3, -0.25) is 9.59 Å². The summed E-state index contributed by atoms with van der Waals surface area (Å²) in [5, 5.41) is 2.89. The van der Waals surface area contributed by atoms with Gasteiger partial charge in [-0.2, -0.15) is 0 Å². The number of amides is 2. The first kappa shape index (κ1) is 16.3. The molecule has 1 N–H and O–H groups in total. The van der Waals surface area contributed by atoms with Gasteiger partial charge in [0.05, 0.1) is 11.7 Å². The summed E-state index contributed by atoms with van der Waals surface area (Å²) in [7, 11) is 0. The molecule has 2 amide bonds. The summed E-state index contributed by atoms with van der Waals surface area (Å²) in [5.41, 5.74) is -0.902. The quantitative estimate of drug-likeness (QED) is 0.864. The number of hydrogen-bond acceptors (Lipinski definition) is 3. The highest BCUT2D eigenvalue weighted by Gasteiger charge is 2.43. The Morgan fingerprint density at radius 1 is 1.33 bits per heavy atom. The van der Waals surface area contributed by atoms with Gasteiger partial charge < -0.3 is 15.0 Å². The highest BCUT2D eigenvalue weighted by molar-refractivity contribution is 5.93. The number of nitrogens with zero attached hydrogens (tertiary/aromatic N) is 1. The van der Waals surface area contributed by atoms with Gasteiger partial charge in [-0.15, -0.1) is 0 Å². The van der Waals surface area contributed by atoms with E-state index in [1.165, 1.54) is 0 Å². The minimum absolute atomic E-state index is 0.0108. The van der Waals surface area contributed by atoms with E-state index in [4.69, 9.17) is 4.74 Å². The number of carbonyl (C=O) groups is 2. The fraction of sp³-hybridized carbons (Fsp3) is 0.875. The predicted octanol–water partition coefficient (Wildman–Crippen LogP) is 1.85. The second-order valence-electron chi connectivity index (χ2n) is 7.28. The van der Waals surface area contributed by atoms with Crippen LogP contribution in [0, 0.1) is 0 Å². The summed E-state index contributed by atoms with van der Waals surface area (Å²) in [6, 6.07) is -0.0850. The lowest BCUT2D eigenvalue weighted by Gasteiger charge is -2.35. The molecular formula is C16H28N2O3. The molecule has 0 spiro atoms. The molecule has 2 aliphatic rings. The molecule has 3 unspecified atom stereocenters. The summed E-state index contributed by atoms with van der Waals surface area (Å²) >= 11 is 0. The highest BCUT2D eigenvalue weighted by atomic mass is 16.5. The van der Waals surface area contributed by atoms with Gasteiger partial charge in [0, 0.05) is 19.0 Å². The average Bonchev–Trinajstić information content (AvgIpc) is 2.70. The van der Waals surface area contributed by atoms with E-state index >= 15 is 0 Å². The van der Waals surface area contributed by atoms with E-state index in [2.05, 4.69) is 19.2 Å². The summed E-state index contributed by atoms with van der Waals surface area (Å²) in [4.78, 5) is 26.7. The molecule has 0 aromatic rings. The van der Waals surface area contributed by atoms with Crippen molar-refractivity contribution < 1.29 is 14.3 Å². The van der Waals surface area contributed by atoms with Gasteiger partial charge >= 0.3 is 0 Å². The molecule has 3 atom stereocenters.